The van der Waals surface area contributed by atoms with E-state index in [1.165, 1.54) is 35.6 Å². The number of hydrogen-bond donors (Lipinski definition) is 2. The Morgan fingerprint density at radius 1 is 1.17 bits per heavy atom. The summed E-state index contributed by atoms with van der Waals surface area (Å²) >= 11 is 0. The fourth-order valence-electron chi connectivity index (χ4n) is 1.89. The first-order chi connectivity index (χ1) is 11.3. The number of benzene rings is 1. The molecule has 1 aromatic carbocycles. The summed E-state index contributed by atoms with van der Waals surface area (Å²) in [6, 6.07) is 5.83. The average molecular weight is 357 g/mol. The minimum absolute atomic E-state index is 0.136. The molecule has 0 saturated carbocycles. The van der Waals surface area contributed by atoms with Crippen molar-refractivity contribution in [3.8, 4) is 0 Å². The maximum absolute atomic E-state index is 12.4. The number of nitrogens with zero attached hydrogens (tertiary/aromatic N) is 1. The lowest BCUT2D eigenvalue weighted by Gasteiger charge is -2.21. The van der Waals surface area contributed by atoms with Crippen molar-refractivity contribution in [1.29, 1.82) is 0 Å². The summed E-state index contributed by atoms with van der Waals surface area (Å²) in [4.78, 5) is 12.2. The van der Waals surface area contributed by atoms with Gasteiger partial charge in [-0.15, -0.1) is 0 Å². The van der Waals surface area contributed by atoms with E-state index in [1.54, 1.807) is 21.0 Å². The van der Waals surface area contributed by atoms with Crippen LogP contribution in [0.25, 0.3) is 0 Å². The topological polar surface area (TPSA) is 87.7 Å². The monoisotopic (exact) mass is 357 g/mol. The molecule has 0 saturated heterocycles. The number of carbonyl (C=O) groups is 1. The zero-order valence-corrected chi connectivity index (χ0v) is 15.5. The van der Waals surface area contributed by atoms with Gasteiger partial charge in [-0.3, -0.25) is 4.79 Å². The van der Waals surface area contributed by atoms with Crippen LogP contribution in [-0.2, 0) is 14.8 Å². The second kappa shape index (κ2) is 9.73. The van der Waals surface area contributed by atoms with Crippen LogP contribution >= 0.6 is 0 Å². The van der Waals surface area contributed by atoms with Crippen LogP contribution in [0.5, 0.6) is 0 Å². The number of ether oxygens (including phenoxy) is 1. The summed E-state index contributed by atoms with van der Waals surface area (Å²) in [7, 11) is -0.361. The quantitative estimate of drug-likeness (QED) is 0.601. The minimum atomic E-state index is -3.53. The first-order valence-electron chi connectivity index (χ1n) is 7.86. The van der Waals surface area contributed by atoms with E-state index in [-0.39, 0.29) is 16.8 Å². The zero-order valence-electron chi connectivity index (χ0n) is 14.7. The number of carbonyl (C=O) groups excluding carboxylic acids is 1. The highest BCUT2D eigenvalue weighted by atomic mass is 32.2. The predicted molar refractivity (Wildman–Crippen MR) is 93.6 cm³/mol. The number of rotatable bonds is 10. The van der Waals surface area contributed by atoms with E-state index < -0.39 is 10.0 Å². The van der Waals surface area contributed by atoms with Crippen LogP contribution in [0.2, 0.25) is 0 Å². The Morgan fingerprint density at radius 3 is 2.33 bits per heavy atom. The Bertz CT molecular complexity index is 615. The molecule has 0 fully saturated rings. The van der Waals surface area contributed by atoms with Gasteiger partial charge in [0, 0.05) is 45.4 Å². The molecule has 1 rings (SSSR count). The summed E-state index contributed by atoms with van der Waals surface area (Å²) < 4.78 is 30.9. The van der Waals surface area contributed by atoms with Crippen molar-refractivity contribution >= 4 is 15.9 Å². The minimum Gasteiger partial charge on any atom is -0.383 e. The van der Waals surface area contributed by atoms with Crippen LogP contribution in [0.15, 0.2) is 29.2 Å². The number of methoxy groups -OCH3 is 1. The van der Waals surface area contributed by atoms with Gasteiger partial charge in [-0.05, 0) is 38.1 Å². The highest BCUT2D eigenvalue weighted by Crippen LogP contribution is 2.17. The largest absolute Gasteiger partial charge is 0.383 e. The van der Waals surface area contributed by atoms with Crippen molar-refractivity contribution in [3.63, 3.8) is 0 Å². The maximum Gasteiger partial charge on any atom is 0.251 e. The molecule has 0 heterocycles. The second-order valence-electron chi connectivity index (χ2n) is 5.64. The van der Waals surface area contributed by atoms with E-state index in [0.717, 1.165) is 6.54 Å². The number of sulfonamides is 1. The molecule has 1 amide bonds. The maximum atomic E-state index is 12.4. The normalized spacial score (nSPS) is 11.9. The Hall–Kier alpha value is -1.48. The third kappa shape index (κ3) is 5.86. The molecule has 0 aromatic heterocycles. The van der Waals surface area contributed by atoms with Gasteiger partial charge in [-0.1, -0.05) is 0 Å². The molecule has 2 N–H and O–H groups in total. The summed E-state index contributed by atoms with van der Waals surface area (Å²) in [6.07, 6.45) is 0. The highest BCUT2D eigenvalue weighted by molar-refractivity contribution is 7.89. The zero-order chi connectivity index (χ0) is 18.2. The molecule has 24 heavy (non-hydrogen) atoms. The lowest BCUT2D eigenvalue weighted by Crippen LogP contribution is -2.33. The Kier molecular flexibility index (Phi) is 8.34. The van der Waals surface area contributed by atoms with E-state index in [4.69, 9.17) is 4.74 Å². The van der Waals surface area contributed by atoms with E-state index >= 15 is 0 Å². The molecule has 136 valence electrons. The number of hydrogen-bond acceptors (Lipinski definition) is 5. The van der Waals surface area contributed by atoms with Crippen LogP contribution in [-0.4, -0.2) is 65.1 Å². The summed E-state index contributed by atoms with van der Waals surface area (Å²) in [6.45, 7) is 6.08. The van der Waals surface area contributed by atoms with Gasteiger partial charge in [0.15, 0.2) is 0 Å². The molecule has 7 nitrogen and oxygen atoms in total. The van der Waals surface area contributed by atoms with Gasteiger partial charge < -0.3 is 15.4 Å². The van der Waals surface area contributed by atoms with Crippen LogP contribution < -0.4 is 10.6 Å². The molecular formula is C16H27N3O4S. The van der Waals surface area contributed by atoms with Crippen molar-refractivity contribution in [2.75, 3.05) is 40.4 Å². The molecule has 0 bridgehead atoms. The van der Waals surface area contributed by atoms with Gasteiger partial charge >= 0.3 is 0 Å². The van der Waals surface area contributed by atoms with Crippen molar-refractivity contribution in [3.05, 3.63) is 29.8 Å². The smallest absolute Gasteiger partial charge is 0.251 e. The van der Waals surface area contributed by atoms with Crippen LogP contribution in [0.3, 0.4) is 0 Å². The third-order valence-corrected chi connectivity index (χ3v) is 5.64. The Morgan fingerprint density at radius 2 is 1.79 bits per heavy atom. The molecular weight excluding hydrogens is 330 g/mol. The lowest BCUT2D eigenvalue weighted by molar-refractivity contribution is 0.0953. The summed E-state index contributed by atoms with van der Waals surface area (Å²) in [5.41, 5.74) is 0.429. The fraction of sp³-hybridized carbons (Fsp3) is 0.562. The second-order valence-corrected chi connectivity index (χ2v) is 7.64. The molecule has 0 atom stereocenters. The number of nitrogens with one attached hydrogen (secondary N) is 2. The molecule has 0 aliphatic heterocycles. The first kappa shape index (κ1) is 20.6. The standard InChI is InChI=1S/C16H27N3O4S/c1-13(2)19(3)24(21,22)15-7-5-14(6-8-15)16(20)18-10-9-17-11-12-23-4/h5-8,13,17H,9-12H2,1-4H3,(H,18,20). The van der Waals surface area contributed by atoms with Crippen LogP contribution in [0, 0.1) is 0 Å². The SMILES string of the molecule is COCCNCCNC(=O)c1ccc(S(=O)(=O)N(C)C(C)C)cc1. The van der Waals surface area contributed by atoms with Gasteiger partial charge in [-0.2, -0.15) is 4.31 Å². The van der Waals surface area contributed by atoms with Crippen LogP contribution in [0.4, 0.5) is 0 Å². The highest BCUT2D eigenvalue weighted by Gasteiger charge is 2.23. The summed E-state index contributed by atoms with van der Waals surface area (Å²) in [5, 5.41) is 5.89. The van der Waals surface area contributed by atoms with Crippen molar-refractivity contribution in [2.24, 2.45) is 0 Å². The van der Waals surface area contributed by atoms with E-state index in [2.05, 4.69) is 10.6 Å². The molecule has 0 unspecified atom stereocenters. The molecule has 0 aliphatic carbocycles. The number of amides is 1. The van der Waals surface area contributed by atoms with Crippen molar-refractivity contribution < 1.29 is 17.9 Å². The lowest BCUT2D eigenvalue weighted by atomic mass is 10.2. The van der Waals surface area contributed by atoms with E-state index in [1.807, 2.05) is 0 Å². The van der Waals surface area contributed by atoms with Gasteiger partial charge in [0.25, 0.3) is 5.91 Å². The van der Waals surface area contributed by atoms with E-state index in [0.29, 0.717) is 25.3 Å². The third-order valence-electron chi connectivity index (χ3n) is 3.59. The predicted octanol–water partition coefficient (Wildman–Crippen LogP) is 0.681. The molecule has 0 radical (unpaired) electrons. The Labute approximate surface area is 144 Å². The average Bonchev–Trinajstić information content (AvgIpc) is 2.57. The molecule has 8 heteroatoms. The van der Waals surface area contributed by atoms with Crippen molar-refractivity contribution in [2.45, 2.75) is 24.8 Å². The summed E-state index contributed by atoms with van der Waals surface area (Å²) in [5.74, 6) is -0.232. The molecule has 0 aliphatic rings. The fourth-order valence-corrected chi connectivity index (χ4v) is 3.26. The van der Waals surface area contributed by atoms with Crippen LogP contribution in [0.1, 0.15) is 24.2 Å². The molecule has 0 spiro atoms. The van der Waals surface area contributed by atoms with Gasteiger partial charge in [0.05, 0.1) is 11.5 Å². The van der Waals surface area contributed by atoms with Gasteiger partial charge in [0.1, 0.15) is 0 Å². The Balaban J connectivity index is 2.59. The van der Waals surface area contributed by atoms with E-state index in [9.17, 15) is 13.2 Å². The van der Waals surface area contributed by atoms with Crippen molar-refractivity contribution in [1.82, 2.24) is 14.9 Å². The van der Waals surface area contributed by atoms with Gasteiger partial charge in [0.2, 0.25) is 10.0 Å². The van der Waals surface area contributed by atoms with Gasteiger partial charge in [-0.25, -0.2) is 8.42 Å². The molecule has 1 aromatic rings. The first-order valence-corrected chi connectivity index (χ1v) is 9.30.